The number of ketones is 1. The number of anilines is 2. The molecule has 0 unspecified atom stereocenters. The summed E-state index contributed by atoms with van der Waals surface area (Å²) in [5.41, 5.74) is 1.61. The lowest BCUT2D eigenvalue weighted by Crippen LogP contribution is -2.14. The van der Waals surface area contributed by atoms with Gasteiger partial charge in [-0.05, 0) is 50.2 Å². The number of benzene rings is 2. The van der Waals surface area contributed by atoms with Gasteiger partial charge in [0.15, 0.2) is 5.78 Å². The zero-order valence-electron chi connectivity index (χ0n) is 14.6. The van der Waals surface area contributed by atoms with Crippen LogP contribution in [-0.4, -0.2) is 18.3 Å². The maximum Gasteiger partial charge on any atom is 0.267 e. The Labute approximate surface area is 152 Å². The Bertz CT molecular complexity index is 865. The van der Waals surface area contributed by atoms with Gasteiger partial charge in [-0.3, -0.25) is 9.59 Å². The van der Waals surface area contributed by atoms with Crippen LogP contribution in [0.1, 0.15) is 24.2 Å². The molecule has 0 fully saturated rings. The Hall–Kier alpha value is -3.59. The van der Waals surface area contributed by atoms with Gasteiger partial charge in [0.05, 0.1) is 12.3 Å². The highest BCUT2D eigenvalue weighted by Gasteiger charge is 2.10. The zero-order valence-corrected chi connectivity index (χ0v) is 14.6. The van der Waals surface area contributed by atoms with Crippen molar-refractivity contribution in [2.24, 2.45) is 0 Å². The van der Waals surface area contributed by atoms with Crippen LogP contribution in [0.25, 0.3) is 0 Å². The number of para-hydroxylation sites is 2. The van der Waals surface area contributed by atoms with Crippen LogP contribution in [0.3, 0.4) is 0 Å². The molecule has 0 bridgehead atoms. The summed E-state index contributed by atoms with van der Waals surface area (Å²) in [5.74, 6) is 0.0193. The second kappa shape index (κ2) is 9.04. The maximum absolute atomic E-state index is 12.3. The van der Waals surface area contributed by atoms with Crippen molar-refractivity contribution in [2.75, 3.05) is 17.2 Å². The molecule has 6 heteroatoms. The number of ether oxygens (including phenoxy) is 1. The van der Waals surface area contributed by atoms with E-state index in [4.69, 9.17) is 4.74 Å². The van der Waals surface area contributed by atoms with Crippen LogP contribution in [0.2, 0.25) is 0 Å². The minimum Gasteiger partial charge on any atom is -0.492 e. The highest BCUT2D eigenvalue weighted by Crippen LogP contribution is 2.23. The van der Waals surface area contributed by atoms with Crippen molar-refractivity contribution in [3.63, 3.8) is 0 Å². The van der Waals surface area contributed by atoms with Crippen molar-refractivity contribution in [2.45, 2.75) is 13.8 Å². The number of amides is 1. The van der Waals surface area contributed by atoms with Gasteiger partial charge in [0.25, 0.3) is 5.91 Å². The average molecular weight is 349 g/mol. The van der Waals surface area contributed by atoms with Crippen LogP contribution in [0.5, 0.6) is 5.75 Å². The van der Waals surface area contributed by atoms with E-state index in [1.165, 1.54) is 13.1 Å². The lowest BCUT2D eigenvalue weighted by molar-refractivity contribution is -0.112. The van der Waals surface area contributed by atoms with Gasteiger partial charge in [0.1, 0.15) is 17.4 Å². The predicted octanol–water partition coefficient (Wildman–Crippen LogP) is 3.75. The van der Waals surface area contributed by atoms with Gasteiger partial charge in [0, 0.05) is 17.5 Å². The first-order chi connectivity index (χ1) is 12.5. The average Bonchev–Trinajstić information content (AvgIpc) is 2.64. The summed E-state index contributed by atoms with van der Waals surface area (Å²) in [7, 11) is 0. The summed E-state index contributed by atoms with van der Waals surface area (Å²) in [4.78, 5) is 23.5. The fourth-order valence-corrected chi connectivity index (χ4v) is 2.15. The summed E-state index contributed by atoms with van der Waals surface area (Å²) >= 11 is 0. The number of hydrogen-bond acceptors (Lipinski definition) is 5. The van der Waals surface area contributed by atoms with Crippen molar-refractivity contribution >= 4 is 23.1 Å². The van der Waals surface area contributed by atoms with Gasteiger partial charge in [-0.2, -0.15) is 5.26 Å². The molecule has 6 nitrogen and oxygen atoms in total. The number of rotatable bonds is 7. The highest BCUT2D eigenvalue weighted by molar-refractivity contribution is 6.07. The number of nitrogens with zero attached hydrogens (tertiary/aromatic N) is 1. The van der Waals surface area contributed by atoms with Crippen molar-refractivity contribution in [1.82, 2.24) is 0 Å². The van der Waals surface area contributed by atoms with Gasteiger partial charge >= 0.3 is 0 Å². The van der Waals surface area contributed by atoms with Crippen LogP contribution in [0.15, 0.2) is 60.3 Å². The lowest BCUT2D eigenvalue weighted by Gasteiger charge is -2.10. The van der Waals surface area contributed by atoms with E-state index >= 15 is 0 Å². The molecular weight excluding hydrogens is 330 g/mol. The fraction of sp³-hybridized carbons (Fsp3) is 0.150. The van der Waals surface area contributed by atoms with Crippen LogP contribution < -0.4 is 15.4 Å². The molecule has 26 heavy (non-hydrogen) atoms. The van der Waals surface area contributed by atoms with E-state index in [1.807, 2.05) is 25.1 Å². The number of nitrogens with one attached hydrogen (secondary N) is 2. The highest BCUT2D eigenvalue weighted by atomic mass is 16.5. The SMILES string of the molecule is CCOc1ccccc1N/C=C(/C#N)C(=O)Nc1ccc(C(C)=O)cc1. The van der Waals surface area contributed by atoms with E-state index in [2.05, 4.69) is 10.6 Å². The molecular formula is C20H19N3O3. The third kappa shape index (κ3) is 4.95. The van der Waals surface area contributed by atoms with Crippen molar-refractivity contribution in [3.05, 3.63) is 65.9 Å². The van der Waals surface area contributed by atoms with Crippen LogP contribution in [-0.2, 0) is 4.79 Å². The van der Waals surface area contributed by atoms with Gasteiger partial charge in [0.2, 0.25) is 0 Å². The lowest BCUT2D eigenvalue weighted by atomic mass is 10.1. The third-order valence-corrected chi connectivity index (χ3v) is 3.47. The first kappa shape index (κ1) is 18.7. The predicted molar refractivity (Wildman–Crippen MR) is 100 cm³/mol. The van der Waals surface area contributed by atoms with Crippen molar-refractivity contribution in [3.8, 4) is 11.8 Å². The molecule has 0 atom stereocenters. The van der Waals surface area contributed by atoms with E-state index in [9.17, 15) is 14.9 Å². The molecule has 0 saturated heterocycles. The Morgan fingerprint density at radius 2 is 1.85 bits per heavy atom. The van der Waals surface area contributed by atoms with Crippen LogP contribution in [0, 0.1) is 11.3 Å². The number of nitriles is 1. The Morgan fingerprint density at radius 1 is 1.15 bits per heavy atom. The van der Waals surface area contributed by atoms with Gasteiger partial charge in [-0.25, -0.2) is 0 Å². The largest absolute Gasteiger partial charge is 0.492 e. The molecule has 0 saturated carbocycles. The Kier molecular flexibility index (Phi) is 6.52. The van der Waals surface area contributed by atoms with Crippen molar-refractivity contribution < 1.29 is 14.3 Å². The normalized spacial score (nSPS) is 10.6. The maximum atomic E-state index is 12.3. The van der Waals surface area contributed by atoms with Crippen LogP contribution >= 0.6 is 0 Å². The minimum atomic E-state index is -0.551. The molecule has 0 aliphatic heterocycles. The molecule has 0 aromatic heterocycles. The van der Waals surface area contributed by atoms with Gasteiger partial charge in [-0.15, -0.1) is 0 Å². The van der Waals surface area contributed by atoms with E-state index in [1.54, 1.807) is 36.4 Å². The van der Waals surface area contributed by atoms with E-state index < -0.39 is 5.91 Å². The van der Waals surface area contributed by atoms with E-state index in [-0.39, 0.29) is 11.4 Å². The molecule has 2 N–H and O–H groups in total. The van der Waals surface area contributed by atoms with E-state index in [0.29, 0.717) is 29.3 Å². The topological polar surface area (TPSA) is 91.2 Å². The molecule has 0 aliphatic rings. The molecule has 0 radical (unpaired) electrons. The van der Waals surface area contributed by atoms with Gasteiger partial charge in [-0.1, -0.05) is 12.1 Å². The zero-order chi connectivity index (χ0) is 18.9. The molecule has 2 aromatic rings. The molecule has 0 spiro atoms. The summed E-state index contributed by atoms with van der Waals surface area (Å²) < 4.78 is 5.49. The smallest absolute Gasteiger partial charge is 0.267 e. The Balaban J connectivity index is 2.10. The molecule has 1 amide bonds. The summed E-state index contributed by atoms with van der Waals surface area (Å²) in [5, 5.41) is 14.8. The van der Waals surface area contributed by atoms with Gasteiger partial charge < -0.3 is 15.4 Å². The summed E-state index contributed by atoms with van der Waals surface area (Å²) in [6.07, 6.45) is 1.33. The van der Waals surface area contributed by atoms with Crippen molar-refractivity contribution in [1.29, 1.82) is 5.26 Å². The molecule has 0 aliphatic carbocycles. The second-order valence-corrected chi connectivity index (χ2v) is 5.33. The number of carbonyl (C=O) groups is 2. The quantitative estimate of drug-likeness (QED) is 0.451. The number of carbonyl (C=O) groups excluding carboxylic acids is 2. The first-order valence-corrected chi connectivity index (χ1v) is 8.06. The molecule has 0 heterocycles. The molecule has 2 aromatic carbocycles. The van der Waals surface area contributed by atoms with Crippen LogP contribution in [0.4, 0.5) is 11.4 Å². The number of hydrogen-bond donors (Lipinski definition) is 2. The minimum absolute atomic E-state index is 0.0577. The second-order valence-electron chi connectivity index (χ2n) is 5.33. The molecule has 132 valence electrons. The molecule has 2 rings (SSSR count). The first-order valence-electron chi connectivity index (χ1n) is 8.06. The summed E-state index contributed by atoms with van der Waals surface area (Å²) in [6, 6.07) is 15.6. The number of Topliss-reactive ketones (excluding diaryl/α,β-unsaturated/α-hetero) is 1. The fourth-order valence-electron chi connectivity index (χ4n) is 2.15. The van der Waals surface area contributed by atoms with E-state index in [0.717, 1.165) is 0 Å². The Morgan fingerprint density at radius 3 is 2.46 bits per heavy atom. The summed E-state index contributed by atoms with van der Waals surface area (Å²) in [6.45, 7) is 3.85. The third-order valence-electron chi connectivity index (χ3n) is 3.47. The standard InChI is InChI=1S/C20H19N3O3/c1-3-26-19-7-5-4-6-18(19)22-13-16(12-21)20(25)23-17-10-8-15(9-11-17)14(2)24/h4-11,13,22H,3H2,1-2H3,(H,23,25)/b16-13-. The monoisotopic (exact) mass is 349 g/mol.